The topological polar surface area (TPSA) is 44.1 Å². The lowest BCUT2D eigenvalue weighted by atomic mass is 10.0. The minimum atomic E-state index is -0.0340. The molecular formula is C15H10N2O. The highest BCUT2D eigenvalue weighted by atomic mass is 16.2. The largest absolute Gasteiger partial charge is 0.304 e. The maximum absolute atomic E-state index is 12.3. The van der Waals surface area contributed by atoms with Gasteiger partial charge in [-0.25, -0.2) is 0 Å². The quantitative estimate of drug-likeness (QED) is 0.761. The second kappa shape index (κ2) is 4.01. The molecule has 0 aliphatic carbocycles. The van der Waals surface area contributed by atoms with Crippen LogP contribution in [-0.2, 0) is 6.54 Å². The van der Waals surface area contributed by atoms with Crippen molar-refractivity contribution in [1.29, 1.82) is 5.26 Å². The van der Waals surface area contributed by atoms with E-state index in [1.807, 2.05) is 30.3 Å². The van der Waals surface area contributed by atoms with Crippen molar-refractivity contribution in [3.8, 4) is 6.07 Å². The van der Waals surface area contributed by atoms with Crippen LogP contribution in [0.5, 0.6) is 0 Å². The van der Waals surface area contributed by atoms with Crippen LogP contribution in [0.1, 0.15) is 21.5 Å². The van der Waals surface area contributed by atoms with Crippen molar-refractivity contribution in [3.63, 3.8) is 0 Å². The standard InChI is InChI=1S/C15H10N2O/c16-9-11-5-4-8-13-14(11)10-17(15(13)18)12-6-2-1-3-7-12/h1-8H,10H2. The van der Waals surface area contributed by atoms with Crippen LogP contribution in [0.2, 0.25) is 0 Å². The van der Waals surface area contributed by atoms with Crippen molar-refractivity contribution in [2.24, 2.45) is 0 Å². The third-order valence-electron chi connectivity index (χ3n) is 3.16. The maximum atomic E-state index is 12.3. The first-order valence-electron chi connectivity index (χ1n) is 5.70. The molecule has 3 nitrogen and oxygen atoms in total. The number of hydrogen-bond acceptors (Lipinski definition) is 2. The first kappa shape index (κ1) is 10.5. The number of amides is 1. The number of carbonyl (C=O) groups is 1. The molecule has 0 fully saturated rings. The Kier molecular flexibility index (Phi) is 2.35. The number of nitrogens with zero attached hydrogens (tertiary/aromatic N) is 2. The van der Waals surface area contributed by atoms with E-state index < -0.39 is 0 Å². The van der Waals surface area contributed by atoms with Gasteiger partial charge >= 0.3 is 0 Å². The summed E-state index contributed by atoms with van der Waals surface area (Å²) in [5.74, 6) is -0.0340. The van der Waals surface area contributed by atoms with Crippen LogP contribution in [0.25, 0.3) is 0 Å². The van der Waals surface area contributed by atoms with Crippen LogP contribution < -0.4 is 4.90 Å². The van der Waals surface area contributed by atoms with E-state index in [0.717, 1.165) is 11.3 Å². The second-order valence-corrected chi connectivity index (χ2v) is 4.17. The van der Waals surface area contributed by atoms with Gasteiger partial charge in [0.1, 0.15) is 0 Å². The minimum Gasteiger partial charge on any atom is -0.304 e. The normalized spacial score (nSPS) is 13.3. The minimum absolute atomic E-state index is 0.0340. The molecule has 0 radical (unpaired) electrons. The molecule has 86 valence electrons. The molecule has 1 heterocycles. The molecule has 2 aromatic rings. The molecule has 0 saturated carbocycles. The Morgan fingerprint density at radius 2 is 1.83 bits per heavy atom. The molecule has 0 saturated heterocycles. The van der Waals surface area contributed by atoms with E-state index in [4.69, 9.17) is 5.26 Å². The SMILES string of the molecule is N#Cc1cccc2c1CN(c1ccccc1)C2=O. The number of hydrogen-bond donors (Lipinski definition) is 0. The Morgan fingerprint density at radius 1 is 1.06 bits per heavy atom. The fraction of sp³-hybridized carbons (Fsp3) is 0.0667. The average molecular weight is 234 g/mol. The Bertz CT molecular complexity index is 656. The van der Waals surface area contributed by atoms with Gasteiger partial charge in [0, 0.05) is 16.8 Å². The van der Waals surface area contributed by atoms with Crippen molar-refractivity contribution in [1.82, 2.24) is 0 Å². The van der Waals surface area contributed by atoms with Crippen molar-refractivity contribution in [2.75, 3.05) is 4.90 Å². The molecule has 3 heteroatoms. The fourth-order valence-electron chi connectivity index (χ4n) is 2.25. The molecule has 1 aliphatic heterocycles. The summed E-state index contributed by atoms with van der Waals surface area (Å²) >= 11 is 0. The number of rotatable bonds is 1. The summed E-state index contributed by atoms with van der Waals surface area (Å²) in [5.41, 5.74) is 2.91. The second-order valence-electron chi connectivity index (χ2n) is 4.17. The highest BCUT2D eigenvalue weighted by Gasteiger charge is 2.29. The first-order valence-corrected chi connectivity index (χ1v) is 5.70. The van der Waals surface area contributed by atoms with Gasteiger partial charge in [-0.2, -0.15) is 5.26 Å². The van der Waals surface area contributed by atoms with Gasteiger partial charge < -0.3 is 4.90 Å². The molecule has 2 aromatic carbocycles. The third kappa shape index (κ3) is 1.47. The van der Waals surface area contributed by atoms with Gasteiger partial charge in [-0.15, -0.1) is 0 Å². The zero-order valence-electron chi connectivity index (χ0n) is 9.63. The number of carbonyl (C=O) groups excluding carboxylic acids is 1. The van der Waals surface area contributed by atoms with Crippen LogP contribution >= 0.6 is 0 Å². The van der Waals surface area contributed by atoms with Gasteiger partial charge in [0.2, 0.25) is 0 Å². The lowest BCUT2D eigenvalue weighted by Gasteiger charge is -2.15. The Labute approximate surface area is 105 Å². The monoisotopic (exact) mass is 234 g/mol. The number of nitriles is 1. The predicted molar refractivity (Wildman–Crippen MR) is 68.1 cm³/mol. The summed E-state index contributed by atoms with van der Waals surface area (Å²) in [6.45, 7) is 0.474. The summed E-state index contributed by atoms with van der Waals surface area (Å²) in [4.78, 5) is 14.0. The molecule has 3 rings (SSSR count). The summed E-state index contributed by atoms with van der Waals surface area (Å²) in [6.07, 6.45) is 0. The number of para-hydroxylation sites is 1. The summed E-state index contributed by atoms with van der Waals surface area (Å²) < 4.78 is 0. The predicted octanol–water partition coefficient (Wildman–Crippen LogP) is 2.72. The Morgan fingerprint density at radius 3 is 2.56 bits per heavy atom. The van der Waals surface area contributed by atoms with E-state index in [1.165, 1.54) is 0 Å². The number of fused-ring (bicyclic) bond motifs is 1. The molecule has 0 N–H and O–H groups in total. The summed E-state index contributed by atoms with van der Waals surface area (Å²) in [5, 5.41) is 9.07. The molecule has 18 heavy (non-hydrogen) atoms. The van der Waals surface area contributed by atoms with E-state index in [2.05, 4.69) is 6.07 Å². The maximum Gasteiger partial charge on any atom is 0.258 e. The zero-order valence-corrected chi connectivity index (χ0v) is 9.63. The highest BCUT2D eigenvalue weighted by Crippen LogP contribution is 2.29. The number of anilines is 1. The van der Waals surface area contributed by atoms with Gasteiger partial charge in [-0.05, 0) is 24.3 Å². The average Bonchev–Trinajstić information content (AvgIpc) is 2.77. The molecule has 0 bridgehead atoms. The van der Waals surface area contributed by atoms with Crippen LogP contribution in [-0.4, -0.2) is 5.91 Å². The van der Waals surface area contributed by atoms with E-state index >= 15 is 0 Å². The van der Waals surface area contributed by atoms with Gasteiger partial charge in [0.25, 0.3) is 5.91 Å². The molecule has 0 aromatic heterocycles. The van der Waals surface area contributed by atoms with Gasteiger partial charge in [-0.1, -0.05) is 24.3 Å². The number of benzene rings is 2. The molecule has 0 unspecified atom stereocenters. The van der Waals surface area contributed by atoms with E-state index in [-0.39, 0.29) is 5.91 Å². The highest BCUT2D eigenvalue weighted by molar-refractivity contribution is 6.10. The van der Waals surface area contributed by atoms with Crippen molar-refractivity contribution in [3.05, 3.63) is 65.2 Å². The summed E-state index contributed by atoms with van der Waals surface area (Å²) in [6, 6.07) is 16.9. The summed E-state index contributed by atoms with van der Waals surface area (Å²) in [7, 11) is 0. The van der Waals surface area contributed by atoms with Gasteiger partial charge in [0.15, 0.2) is 0 Å². The Balaban J connectivity index is 2.07. The van der Waals surface area contributed by atoms with Gasteiger partial charge in [-0.3, -0.25) is 4.79 Å². The molecule has 1 amide bonds. The van der Waals surface area contributed by atoms with Crippen LogP contribution in [0.4, 0.5) is 5.69 Å². The van der Waals surface area contributed by atoms with Gasteiger partial charge in [0.05, 0.1) is 18.2 Å². The van der Waals surface area contributed by atoms with Crippen molar-refractivity contribution >= 4 is 11.6 Å². The smallest absolute Gasteiger partial charge is 0.258 e. The van der Waals surface area contributed by atoms with E-state index in [9.17, 15) is 4.79 Å². The fourth-order valence-corrected chi connectivity index (χ4v) is 2.25. The third-order valence-corrected chi connectivity index (χ3v) is 3.16. The van der Waals surface area contributed by atoms with Crippen molar-refractivity contribution < 1.29 is 4.79 Å². The van der Waals surface area contributed by atoms with Crippen LogP contribution in [0.15, 0.2) is 48.5 Å². The molecular weight excluding hydrogens is 224 g/mol. The molecule has 0 atom stereocenters. The Hall–Kier alpha value is -2.60. The van der Waals surface area contributed by atoms with Crippen LogP contribution in [0, 0.1) is 11.3 Å². The van der Waals surface area contributed by atoms with E-state index in [0.29, 0.717) is 17.7 Å². The lowest BCUT2D eigenvalue weighted by Crippen LogP contribution is -2.22. The zero-order chi connectivity index (χ0) is 12.5. The lowest BCUT2D eigenvalue weighted by molar-refractivity contribution is 0.0996. The van der Waals surface area contributed by atoms with Crippen LogP contribution in [0.3, 0.4) is 0 Å². The van der Waals surface area contributed by atoms with E-state index in [1.54, 1.807) is 23.1 Å². The molecule has 0 spiro atoms. The van der Waals surface area contributed by atoms with Crippen molar-refractivity contribution in [2.45, 2.75) is 6.54 Å². The first-order chi connectivity index (χ1) is 8.81. The molecule has 1 aliphatic rings.